The van der Waals surface area contributed by atoms with E-state index in [1.54, 1.807) is 4.88 Å². The Morgan fingerprint density at radius 3 is 3.12 bits per heavy atom. The van der Waals surface area contributed by atoms with Gasteiger partial charge in [0.1, 0.15) is 0 Å². The van der Waals surface area contributed by atoms with Crippen molar-refractivity contribution in [1.82, 2.24) is 5.32 Å². The number of hydrogen-bond acceptors (Lipinski definition) is 3. The van der Waals surface area contributed by atoms with Gasteiger partial charge in [0, 0.05) is 10.9 Å². The van der Waals surface area contributed by atoms with E-state index in [2.05, 4.69) is 30.6 Å². The summed E-state index contributed by atoms with van der Waals surface area (Å²) in [5.41, 5.74) is 1.50. The number of rotatable bonds is 5. The SMILES string of the molecule is CC(C)C(O)CCNC1CCCc2sccc21. The molecule has 3 heteroatoms. The van der Waals surface area contributed by atoms with Crippen LogP contribution in [0.4, 0.5) is 0 Å². The Bertz CT molecular complexity index is 348. The van der Waals surface area contributed by atoms with Crippen LogP contribution in [-0.4, -0.2) is 17.8 Å². The molecule has 17 heavy (non-hydrogen) atoms. The Hall–Kier alpha value is -0.380. The minimum atomic E-state index is -0.173. The second kappa shape index (κ2) is 5.98. The van der Waals surface area contributed by atoms with Crippen molar-refractivity contribution in [2.24, 2.45) is 5.92 Å². The fourth-order valence-corrected chi connectivity index (χ4v) is 3.42. The molecule has 0 aromatic carbocycles. The van der Waals surface area contributed by atoms with Crippen LogP contribution in [0.5, 0.6) is 0 Å². The number of aryl methyl sites for hydroxylation is 1. The van der Waals surface area contributed by atoms with Gasteiger partial charge in [0.15, 0.2) is 0 Å². The zero-order valence-electron chi connectivity index (χ0n) is 10.8. The lowest BCUT2D eigenvalue weighted by Crippen LogP contribution is -2.28. The van der Waals surface area contributed by atoms with Gasteiger partial charge in [0.2, 0.25) is 0 Å². The van der Waals surface area contributed by atoms with Crippen LogP contribution in [0.1, 0.15) is 49.6 Å². The maximum absolute atomic E-state index is 9.77. The van der Waals surface area contributed by atoms with Crippen LogP contribution in [0.25, 0.3) is 0 Å². The first-order chi connectivity index (χ1) is 8.18. The summed E-state index contributed by atoms with van der Waals surface area (Å²) < 4.78 is 0. The summed E-state index contributed by atoms with van der Waals surface area (Å²) in [5.74, 6) is 0.361. The highest BCUT2D eigenvalue weighted by atomic mass is 32.1. The molecule has 1 aromatic heterocycles. The van der Waals surface area contributed by atoms with Crippen LogP contribution in [0.2, 0.25) is 0 Å². The molecule has 1 aliphatic carbocycles. The van der Waals surface area contributed by atoms with E-state index in [0.717, 1.165) is 13.0 Å². The first-order valence-electron chi connectivity index (χ1n) is 6.66. The van der Waals surface area contributed by atoms with Crippen molar-refractivity contribution in [3.05, 3.63) is 21.9 Å². The molecule has 0 radical (unpaired) electrons. The zero-order valence-corrected chi connectivity index (χ0v) is 11.6. The highest BCUT2D eigenvalue weighted by Crippen LogP contribution is 2.33. The molecule has 1 aliphatic rings. The third-order valence-corrected chi connectivity index (χ3v) is 4.65. The zero-order chi connectivity index (χ0) is 12.3. The van der Waals surface area contributed by atoms with Gasteiger partial charge >= 0.3 is 0 Å². The topological polar surface area (TPSA) is 32.3 Å². The van der Waals surface area contributed by atoms with Crippen molar-refractivity contribution in [2.45, 2.75) is 51.7 Å². The molecule has 2 nitrogen and oxygen atoms in total. The Labute approximate surface area is 108 Å². The van der Waals surface area contributed by atoms with Crippen molar-refractivity contribution < 1.29 is 5.11 Å². The van der Waals surface area contributed by atoms with Gasteiger partial charge in [-0.05, 0) is 55.2 Å². The average molecular weight is 253 g/mol. The van der Waals surface area contributed by atoms with Crippen LogP contribution in [0, 0.1) is 5.92 Å². The number of hydrogen-bond donors (Lipinski definition) is 2. The predicted molar refractivity (Wildman–Crippen MR) is 73.5 cm³/mol. The summed E-state index contributed by atoms with van der Waals surface area (Å²) in [7, 11) is 0. The van der Waals surface area contributed by atoms with Gasteiger partial charge in [-0.1, -0.05) is 13.8 Å². The van der Waals surface area contributed by atoms with E-state index in [1.165, 1.54) is 24.8 Å². The van der Waals surface area contributed by atoms with Gasteiger partial charge in [-0.2, -0.15) is 0 Å². The van der Waals surface area contributed by atoms with Gasteiger partial charge in [-0.15, -0.1) is 11.3 Å². The number of aliphatic hydroxyl groups is 1. The first-order valence-corrected chi connectivity index (χ1v) is 7.54. The predicted octanol–water partition coefficient (Wildman–Crippen LogP) is 3.12. The van der Waals surface area contributed by atoms with Crippen LogP contribution in [0.3, 0.4) is 0 Å². The van der Waals surface area contributed by atoms with E-state index in [9.17, 15) is 5.11 Å². The number of thiophene rings is 1. The molecule has 0 amide bonds. The molecule has 1 aromatic rings. The number of aliphatic hydroxyl groups excluding tert-OH is 1. The van der Waals surface area contributed by atoms with Crippen molar-refractivity contribution >= 4 is 11.3 Å². The smallest absolute Gasteiger partial charge is 0.0575 e. The van der Waals surface area contributed by atoms with Gasteiger partial charge in [0.05, 0.1) is 6.10 Å². The van der Waals surface area contributed by atoms with E-state index in [4.69, 9.17) is 0 Å². The van der Waals surface area contributed by atoms with Crippen molar-refractivity contribution in [1.29, 1.82) is 0 Å². The molecule has 2 unspecified atom stereocenters. The standard InChI is InChI=1S/C14H23NOS/c1-10(2)13(16)6-8-15-12-4-3-5-14-11(12)7-9-17-14/h7,9-10,12-13,15-16H,3-6,8H2,1-2H3. The molecule has 0 saturated heterocycles. The van der Waals surface area contributed by atoms with E-state index < -0.39 is 0 Å². The second-order valence-corrected chi connectivity index (χ2v) is 6.30. The Kier molecular flexibility index (Phi) is 4.60. The third-order valence-electron chi connectivity index (χ3n) is 3.65. The van der Waals surface area contributed by atoms with Crippen LogP contribution in [-0.2, 0) is 6.42 Å². The van der Waals surface area contributed by atoms with E-state index in [0.29, 0.717) is 12.0 Å². The molecule has 0 spiro atoms. The normalized spacial score (nSPS) is 21.5. The molecular formula is C14H23NOS. The lowest BCUT2D eigenvalue weighted by molar-refractivity contribution is 0.115. The molecular weight excluding hydrogens is 230 g/mol. The maximum atomic E-state index is 9.77. The molecule has 2 N–H and O–H groups in total. The summed E-state index contributed by atoms with van der Waals surface area (Å²) in [5, 5.41) is 15.6. The molecule has 1 heterocycles. The van der Waals surface area contributed by atoms with Gasteiger partial charge in [-0.25, -0.2) is 0 Å². The van der Waals surface area contributed by atoms with Crippen molar-refractivity contribution in [3.8, 4) is 0 Å². The largest absolute Gasteiger partial charge is 0.393 e. The van der Waals surface area contributed by atoms with Gasteiger partial charge < -0.3 is 10.4 Å². The Morgan fingerprint density at radius 1 is 1.53 bits per heavy atom. The van der Waals surface area contributed by atoms with Crippen LogP contribution in [0.15, 0.2) is 11.4 Å². The molecule has 0 aliphatic heterocycles. The van der Waals surface area contributed by atoms with E-state index >= 15 is 0 Å². The van der Waals surface area contributed by atoms with Crippen molar-refractivity contribution in [2.75, 3.05) is 6.54 Å². The first kappa shape index (κ1) is 13.1. The lowest BCUT2D eigenvalue weighted by atomic mass is 9.94. The van der Waals surface area contributed by atoms with Crippen LogP contribution < -0.4 is 5.32 Å². The molecule has 0 fully saturated rings. The highest BCUT2D eigenvalue weighted by Gasteiger charge is 2.20. The summed E-state index contributed by atoms with van der Waals surface area (Å²) in [4.78, 5) is 1.55. The fourth-order valence-electron chi connectivity index (χ4n) is 2.44. The summed E-state index contributed by atoms with van der Waals surface area (Å²) in [6.45, 7) is 5.06. The number of fused-ring (bicyclic) bond motifs is 1. The summed E-state index contributed by atoms with van der Waals surface area (Å²) in [6.07, 6.45) is 4.46. The molecule has 0 saturated carbocycles. The Balaban J connectivity index is 1.81. The van der Waals surface area contributed by atoms with Crippen molar-refractivity contribution in [3.63, 3.8) is 0 Å². The van der Waals surface area contributed by atoms with Gasteiger partial charge in [-0.3, -0.25) is 0 Å². The van der Waals surface area contributed by atoms with E-state index in [-0.39, 0.29) is 6.10 Å². The molecule has 0 bridgehead atoms. The number of nitrogens with one attached hydrogen (secondary N) is 1. The molecule has 96 valence electrons. The van der Waals surface area contributed by atoms with Gasteiger partial charge in [0.25, 0.3) is 0 Å². The molecule has 2 atom stereocenters. The monoisotopic (exact) mass is 253 g/mol. The summed E-state index contributed by atoms with van der Waals surface area (Å²) >= 11 is 1.88. The quantitative estimate of drug-likeness (QED) is 0.845. The third kappa shape index (κ3) is 3.30. The molecule has 2 rings (SSSR count). The maximum Gasteiger partial charge on any atom is 0.0575 e. The van der Waals surface area contributed by atoms with Crippen LogP contribution >= 0.6 is 11.3 Å². The Morgan fingerprint density at radius 2 is 2.35 bits per heavy atom. The summed E-state index contributed by atoms with van der Waals surface area (Å²) in [6, 6.07) is 2.78. The lowest BCUT2D eigenvalue weighted by Gasteiger charge is -2.24. The minimum absolute atomic E-state index is 0.173. The highest BCUT2D eigenvalue weighted by molar-refractivity contribution is 7.10. The average Bonchev–Trinajstić information content (AvgIpc) is 2.77. The minimum Gasteiger partial charge on any atom is -0.393 e. The van der Waals surface area contributed by atoms with E-state index in [1.807, 2.05) is 11.3 Å². The fraction of sp³-hybridized carbons (Fsp3) is 0.714. The second-order valence-electron chi connectivity index (χ2n) is 5.30.